The summed E-state index contributed by atoms with van der Waals surface area (Å²) in [5, 5.41) is 12.0. The quantitative estimate of drug-likeness (QED) is 0.652. The van der Waals surface area contributed by atoms with Crippen LogP contribution in [0.3, 0.4) is 0 Å². The van der Waals surface area contributed by atoms with Crippen LogP contribution in [0, 0.1) is 11.3 Å². The van der Waals surface area contributed by atoms with Crippen molar-refractivity contribution in [3.63, 3.8) is 0 Å². The second kappa shape index (κ2) is 5.54. The average Bonchev–Trinajstić information content (AvgIpc) is 2.98. The lowest BCUT2D eigenvalue weighted by molar-refractivity contribution is -0.117. The number of carbonyl (C=O) groups is 1. The Hall–Kier alpha value is -2.02. The molecule has 4 nitrogen and oxygen atoms in total. The molecule has 0 aromatic carbocycles. The Labute approximate surface area is 107 Å². The first-order chi connectivity index (χ1) is 8.70. The molecule has 94 valence electrons. The predicted molar refractivity (Wildman–Crippen MR) is 69.4 cm³/mol. The number of carbonyl (C=O) groups excluding carboxylic acids is 1. The molecule has 1 fully saturated rings. The van der Waals surface area contributed by atoms with Gasteiger partial charge in [0.15, 0.2) is 0 Å². The van der Waals surface area contributed by atoms with Crippen LogP contribution in [0.25, 0.3) is 6.08 Å². The van der Waals surface area contributed by atoms with Crippen molar-refractivity contribution in [1.29, 1.82) is 5.26 Å². The van der Waals surface area contributed by atoms with Crippen molar-refractivity contribution in [2.45, 2.75) is 31.7 Å². The zero-order chi connectivity index (χ0) is 13.0. The minimum Gasteiger partial charge on any atom is -0.351 e. The lowest BCUT2D eigenvalue weighted by Crippen LogP contribution is -2.33. The van der Waals surface area contributed by atoms with Crippen molar-refractivity contribution in [3.05, 3.63) is 29.6 Å². The van der Waals surface area contributed by atoms with Crippen LogP contribution < -0.4 is 5.32 Å². The molecule has 1 aromatic rings. The molecule has 0 aliphatic heterocycles. The second-order valence-corrected chi connectivity index (χ2v) is 4.67. The van der Waals surface area contributed by atoms with Crippen LogP contribution in [0.4, 0.5) is 0 Å². The van der Waals surface area contributed by atoms with Crippen LogP contribution in [0.2, 0.25) is 0 Å². The van der Waals surface area contributed by atoms with E-state index in [0.717, 1.165) is 31.4 Å². The normalized spacial score (nSPS) is 16.6. The fraction of sp³-hybridized carbons (Fsp3) is 0.429. The number of aromatic nitrogens is 1. The third-order valence-electron chi connectivity index (χ3n) is 3.33. The summed E-state index contributed by atoms with van der Waals surface area (Å²) in [5.41, 5.74) is 1.02. The van der Waals surface area contributed by atoms with Gasteiger partial charge in [0, 0.05) is 25.0 Å². The van der Waals surface area contributed by atoms with Crippen LogP contribution in [0.5, 0.6) is 0 Å². The molecule has 1 amide bonds. The second-order valence-electron chi connectivity index (χ2n) is 4.67. The van der Waals surface area contributed by atoms with Crippen molar-refractivity contribution in [2.75, 3.05) is 0 Å². The number of nitrogens with one attached hydrogen (secondary N) is 1. The molecule has 4 heteroatoms. The van der Waals surface area contributed by atoms with Gasteiger partial charge < -0.3 is 9.88 Å². The monoisotopic (exact) mass is 243 g/mol. The molecular weight excluding hydrogens is 226 g/mol. The third-order valence-corrected chi connectivity index (χ3v) is 3.33. The highest BCUT2D eigenvalue weighted by atomic mass is 16.1. The van der Waals surface area contributed by atoms with Gasteiger partial charge in [-0.25, -0.2) is 0 Å². The highest BCUT2D eigenvalue weighted by Gasteiger charge is 2.19. The molecule has 1 aliphatic rings. The molecule has 18 heavy (non-hydrogen) atoms. The summed E-state index contributed by atoms with van der Waals surface area (Å²) < 4.78 is 1.88. The van der Waals surface area contributed by atoms with Crippen LogP contribution in [-0.2, 0) is 11.8 Å². The van der Waals surface area contributed by atoms with E-state index in [0.29, 0.717) is 0 Å². The van der Waals surface area contributed by atoms with Gasteiger partial charge in [0.1, 0.15) is 11.6 Å². The average molecular weight is 243 g/mol. The molecule has 0 spiro atoms. The maximum atomic E-state index is 12.0. The van der Waals surface area contributed by atoms with Gasteiger partial charge in [0.25, 0.3) is 5.91 Å². The highest BCUT2D eigenvalue weighted by molar-refractivity contribution is 6.01. The third kappa shape index (κ3) is 2.80. The summed E-state index contributed by atoms with van der Waals surface area (Å²) in [6, 6.07) is 5.98. The van der Waals surface area contributed by atoms with Crippen molar-refractivity contribution >= 4 is 12.0 Å². The topological polar surface area (TPSA) is 57.8 Å². The molecule has 0 atom stereocenters. The number of hydrogen-bond donors (Lipinski definition) is 1. The smallest absolute Gasteiger partial charge is 0.262 e. The van der Waals surface area contributed by atoms with Crippen molar-refractivity contribution < 1.29 is 4.79 Å². The fourth-order valence-corrected chi connectivity index (χ4v) is 2.25. The lowest BCUT2D eigenvalue weighted by Gasteiger charge is -2.10. The molecule has 1 saturated carbocycles. The van der Waals surface area contributed by atoms with E-state index in [9.17, 15) is 4.79 Å². The standard InChI is InChI=1S/C14H17N3O/c1-17-8-4-7-13(17)9-11(10-15)14(18)16-12-5-2-3-6-12/h4,7-9,12H,2-3,5-6H2,1H3,(H,16,18)/b11-9-. The highest BCUT2D eigenvalue weighted by Crippen LogP contribution is 2.18. The van der Waals surface area contributed by atoms with Crippen LogP contribution in [0.1, 0.15) is 31.4 Å². The number of hydrogen-bond acceptors (Lipinski definition) is 2. The Morgan fingerprint density at radius 2 is 2.28 bits per heavy atom. The lowest BCUT2D eigenvalue weighted by atomic mass is 10.2. The van der Waals surface area contributed by atoms with Crippen LogP contribution in [-0.4, -0.2) is 16.5 Å². The zero-order valence-electron chi connectivity index (χ0n) is 10.5. The van der Waals surface area contributed by atoms with Gasteiger partial charge in [0.05, 0.1) is 0 Å². The van der Waals surface area contributed by atoms with Gasteiger partial charge in [-0.3, -0.25) is 4.79 Å². The molecule has 1 N–H and O–H groups in total. The van der Waals surface area contributed by atoms with Gasteiger partial charge in [-0.05, 0) is 31.1 Å². The van der Waals surface area contributed by atoms with E-state index >= 15 is 0 Å². The van der Waals surface area contributed by atoms with Crippen molar-refractivity contribution in [2.24, 2.45) is 7.05 Å². The first-order valence-electron chi connectivity index (χ1n) is 6.24. The Morgan fingerprint density at radius 3 is 2.83 bits per heavy atom. The number of nitriles is 1. The number of nitrogens with zero attached hydrogens (tertiary/aromatic N) is 2. The van der Waals surface area contributed by atoms with E-state index in [1.165, 1.54) is 0 Å². The van der Waals surface area contributed by atoms with Gasteiger partial charge >= 0.3 is 0 Å². The van der Waals surface area contributed by atoms with E-state index in [1.807, 2.05) is 36.0 Å². The minimum atomic E-state index is -0.259. The van der Waals surface area contributed by atoms with Crippen molar-refractivity contribution in [1.82, 2.24) is 9.88 Å². The van der Waals surface area contributed by atoms with E-state index in [1.54, 1.807) is 6.08 Å². The molecule has 2 rings (SSSR count). The summed E-state index contributed by atoms with van der Waals surface area (Å²) in [6.07, 6.45) is 7.88. The molecular formula is C14H17N3O. The Bertz CT molecular complexity index is 501. The van der Waals surface area contributed by atoms with Gasteiger partial charge in [-0.2, -0.15) is 5.26 Å². The first-order valence-corrected chi connectivity index (χ1v) is 6.24. The molecule has 0 unspecified atom stereocenters. The van der Waals surface area contributed by atoms with Crippen LogP contribution in [0.15, 0.2) is 23.9 Å². The van der Waals surface area contributed by atoms with Gasteiger partial charge in [0.2, 0.25) is 0 Å². The summed E-state index contributed by atoms with van der Waals surface area (Å²) in [6.45, 7) is 0. The molecule has 0 saturated heterocycles. The summed E-state index contributed by atoms with van der Waals surface area (Å²) >= 11 is 0. The predicted octanol–water partition coefficient (Wildman–Crippen LogP) is 1.99. The number of rotatable bonds is 3. The Morgan fingerprint density at radius 1 is 1.56 bits per heavy atom. The molecule has 1 aromatic heterocycles. The summed E-state index contributed by atoms with van der Waals surface area (Å²) in [7, 11) is 1.88. The maximum absolute atomic E-state index is 12.0. The van der Waals surface area contributed by atoms with Gasteiger partial charge in [-0.1, -0.05) is 12.8 Å². The zero-order valence-corrected chi connectivity index (χ0v) is 10.5. The number of aryl methyl sites for hydroxylation is 1. The fourth-order valence-electron chi connectivity index (χ4n) is 2.25. The molecule has 1 heterocycles. The maximum Gasteiger partial charge on any atom is 0.262 e. The largest absolute Gasteiger partial charge is 0.351 e. The Balaban J connectivity index is 2.08. The first kappa shape index (κ1) is 12.4. The van der Waals surface area contributed by atoms with Gasteiger partial charge in [-0.15, -0.1) is 0 Å². The molecule has 1 aliphatic carbocycles. The molecule has 0 radical (unpaired) electrons. The SMILES string of the molecule is Cn1cccc1/C=C(/C#N)C(=O)NC1CCCC1. The van der Waals surface area contributed by atoms with E-state index in [2.05, 4.69) is 5.32 Å². The van der Waals surface area contributed by atoms with E-state index in [4.69, 9.17) is 5.26 Å². The van der Waals surface area contributed by atoms with E-state index < -0.39 is 0 Å². The summed E-state index contributed by atoms with van der Waals surface area (Å²) in [5.74, 6) is -0.259. The summed E-state index contributed by atoms with van der Waals surface area (Å²) in [4.78, 5) is 12.0. The van der Waals surface area contributed by atoms with Crippen molar-refractivity contribution in [3.8, 4) is 6.07 Å². The number of amides is 1. The minimum absolute atomic E-state index is 0.170. The Kier molecular flexibility index (Phi) is 3.83. The molecule has 0 bridgehead atoms. The van der Waals surface area contributed by atoms with E-state index in [-0.39, 0.29) is 17.5 Å². The van der Waals surface area contributed by atoms with Crippen LogP contribution >= 0.6 is 0 Å².